The highest BCUT2D eigenvalue weighted by Crippen LogP contribution is 2.44. The zero-order chi connectivity index (χ0) is 27.5. The number of hydrogen-bond donors (Lipinski definition) is 4. The molecular formula is C29H37N5O4. The van der Waals surface area contributed by atoms with Crippen LogP contribution in [0.25, 0.3) is 0 Å². The minimum absolute atomic E-state index is 0.0126. The van der Waals surface area contributed by atoms with Crippen molar-refractivity contribution >= 4 is 17.6 Å². The number of carbonyl (C=O) groups excluding carboxylic acids is 3. The lowest BCUT2D eigenvalue weighted by molar-refractivity contribution is -0.154. The van der Waals surface area contributed by atoms with Gasteiger partial charge >= 0.3 is 0 Å². The molecule has 0 spiro atoms. The van der Waals surface area contributed by atoms with Crippen molar-refractivity contribution in [1.82, 2.24) is 20.5 Å². The van der Waals surface area contributed by atoms with Crippen LogP contribution in [0.2, 0.25) is 0 Å². The third kappa shape index (κ3) is 7.14. The van der Waals surface area contributed by atoms with Crippen LogP contribution in [0.3, 0.4) is 0 Å². The van der Waals surface area contributed by atoms with Crippen LogP contribution in [0.1, 0.15) is 37.8 Å². The Morgan fingerprint density at radius 3 is 2.16 bits per heavy atom. The molecule has 2 aromatic carbocycles. The number of Topliss-reactive ketones (excluding diaryl/α,β-unsaturated/α-hetero) is 1. The quantitative estimate of drug-likeness (QED) is 0.112. The molecule has 0 radical (unpaired) electrons. The lowest BCUT2D eigenvalue weighted by Gasteiger charge is -2.42. The van der Waals surface area contributed by atoms with Crippen LogP contribution in [-0.2, 0) is 33.8 Å². The van der Waals surface area contributed by atoms with Gasteiger partial charge in [0.1, 0.15) is 0 Å². The molecule has 38 heavy (non-hydrogen) atoms. The molecule has 0 aliphatic heterocycles. The molecule has 0 aliphatic carbocycles. The third-order valence-electron chi connectivity index (χ3n) is 7.10. The molecule has 0 saturated carbocycles. The number of hydrazine groups is 1. The Balaban J connectivity index is 2.23. The van der Waals surface area contributed by atoms with Crippen LogP contribution in [0.15, 0.2) is 79.4 Å². The summed E-state index contributed by atoms with van der Waals surface area (Å²) in [6.07, 6.45) is 6.04. The van der Waals surface area contributed by atoms with Crippen LogP contribution < -0.4 is 16.7 Å². The highest BCUT2D eigenvalue weighted by atomic mass is 16.5. The fourth-order valence-electron chi connectivity index (χ4n) is 5.34. The van der Waals surface area contributed by atoms with Crippen LogP contribution in [0, 0.1) is 23.2 Å². The number of nitrogens with two attached hydrogens (primary N) is 1. The van der Waals surface area contributed by atoms with Gasteiger partial charge in [-0.25, -0.2) is 16.3 Å². The minimum Gasteiger partial charge on any atom is -0.330 e. The number of hydrogen-bond acceptors (Lipinski definition) is 6. The second kappa shape index (κ2) is 13.6. The number of benzene rings is 2. The van der Waals surface area contributed by atoms with Gasteiger partial charge in [0.15, 0.2) is 5.78 Å². The van der Waals surface area contributed by atoms with Gasteiger partial charge in [0.25, 0.3) is 0 Å². The van der Waals surface area contributed by atoms with Crippen LogP contribution >= 0.6 is 0 Å². The Labute approximate surface area is 223 Å². The summed E-state index contributed by atoms with van der Waals surface area (Å²) in [5.74, 6) is 1.86. The number of imidazole rings is 1. The van der Waals surface area contributed by atoms with E-state index in [-0.39, 0.29) is 31.1 Å². The standard InChI is InChI=1S/C29H37N5O4/c1-21(2)17-24(27(36)32-30)26(28(37)33-38)29(18-23-11-7-4-8-12-23,14-13-22-9-5-3-6-10-22)25(35)19-34-16-15-31-20-34/h3-12,15-16,20-21,24,26,38H,13-14,17-19,30H2,1-2H3,(H,32,36)(H,33,37)/t24-,26-,29?/m1/s1. The first-order valence-electron chi connectivity index (χ1n) is 12.8. The summed E-state index contributed by atoms with van der Waals surface area (Å²) in [7, 11) is 0. The summed E-state index contributed by atoms with van der Waals surface area (Å²) in [5, 5.41) is 9.91. The van der Waals surface area contributed by atoms with Gasteiger partial charge in [-0.05, 0) is 42.7 Å². The van der Waals surface area contributed by atoms with Crippen molar-refractivity contribution in [1.29, 1.82) is 0 Å². The summed E-state index contributed by atoms with van der Waals surface area (Å²) < 4.78 is 1.65. The second-order valence-electron chi connectivity index (χ2n) is 10.2. The van der Waals surface area contributed by atoms with Crippen molar-refractivity contribution in [3.63, 3.8) is 0 Å². The van der Waals surface area contributed by atoms with Crippen molar-refractivity contribution in [3.8, 4) is 0 Å². The molecule has 2 amide bonds. The van der Waals surface area contributed by atoms with Gasteiger partial charge in [-0.3, -0.25) is 25.0 Å². The Bertz CT molecular complexity index is 1170. The molecule has 3 aromatic rings. The maximum absolute atomic E-state index is 14.4. The SMILES string of the molecule is CC(C)C[C@@H](C(=O)NN)[C@H](C(=O)NO)C(CCc1ccccc1)(Cc1ccccc1)C(=O)Cn1ccnc1. The van der Waals surface area contributed by atoms with Gasteiger partial charge in [-0.2, -0.15) is 0 Å². The van der Waals surface area contributed by atoms with Gasteiger partial charge in [0.2, 0.25) is 11.8 Å². The molecule has 9 nitrogen and oxygen atoms in total. The number of aromatic nitrogens is 2. The predicted molar refractivity (Wildman–Crippen MR) is 143 cm³/mol. The number of aryl methyl sites for hydroxylation is 1. The molecule has 1 unspecified atom stereocenters. The van der Waals surface area contributed by atoms with Gasteiger partial charge < -0.3 is 4.57 Å². The number of nitrogens with zero attached hydrogens (tertiary/aromatic N) is 2. The Kier molecular flexibility index (Phi) is 10.3. The summed E-state index contributed by atoms with van der Waals surface area (Å²) in [6.45, 7) is 3.82. The number of hydroxylamine groups is 1. The molecule has 3 rings (SSSR count). The van der Waals surface area contributed by atoms with Crippen molar-refractivity contribution in [2.24, 2.45) is 29.0 Å². The third-order valence-corrected chi connectivity index (χ3v) is 7.10. The molecule has 3 atom stereocenters. The second-order valence-corrected chi connectivity index (χ2v) is 10.2. The topological polar surface area (TPSA) is 139 Å². The Morgan fingerprint density at radius 1 is 1.00 bits per heavy atom. The highest BCUT2D eigenvalue weighted by molar-refractivity contribution is 5.95. The molecular weight excluding hydrogens is 482 g/mol. The molecule has 5 N–H and O–H groups in total. The molecule has 0 saturated heterocycles. The predicted octanol–water partition coefficient (Wildman–Crippen LogP) is 3.09. The van der Waals surface area contributed by atoms with E-state index in [9.17, 15) is 19.6 Å². The molecule has 0 aliphatic rings. The maximum atomic E-state index is 14.4. The van der Waals surface area contributed by atoms with Gasteiger partial charge in [-0.15, -0.1) is 0 Å². The number of ketones is 1. The average molecular weight is 520 g/mol. The molecule has 0 bridgehead atoms. The van der Waals surface area contributed by atoms with E-state index in [0.29, 0.717) is 12.8 Å². The van der Waals surface area contributed by atoms with Gasteiger partial charge in [0, 0.05) is 17.8 Å². The molecule has 202 valence electrons. The molecule has 1 aromatic heterocycles. The van der Waals surface area contributed by atoms with E-state index in [2.05, 4.69) is 10.4 Å². The van der Waals surface area contributed by atoms with E-state index < -0.39 is 29.1 Å². The summed E-state index contributed by atoms with van der Waals surface area (Å²) in [5.41, 5.74) is 4.44. The normalized spacial score (nSPS) is 14.3. The van der Waals surface area contributed by atoms with Crippen molar-refractivity contribution < 1.29 is 19.6 Å². The largest absolute Gasteiger partial charge is 0.330 e. The van der Waals surface area contributed by atoms with E-state index in [4.69, 9.17) is 5.84 Å². The molecule has 9 heteroatoms. The van der Waals surface area contributed by atoms with Crippen molar-refractivity contribution in [3.05, 3.63) is 90.5 Å². The van der Waals surface area contributed by atoms with E-state index in [1.54, 1.807) is 28.8 Å². The maximum Gasteiger partial charge on any atom is 0.248 e. The van der Waals surface area contributed by atoms with Crippen molar-refractivity contribution in [2.45, 2.75) is 46.1 Å². The monoisotopic (exact) mass is 519 g/mol. The van der Waals surface area contributed by atoms with Crippen LogP contribution in [0.4, 0.5) is 0 Å². The first kappa shape index (κ1) is 28.7. The Morgan fingerprint density at radius 2 is 1.63 bits per heavy atom. The van der Waals surface area contributed by atoms with E-state index in [1.807, 2.05) is 74.5 Å². The average Bonchev–Trinajstić information content (AvgIpc) is 3.44. The van der Waals surface area contributed by atoms with Crippen molar-refractivity contribution in [2.75, 3.05) is 0 Å². The van der Waals surface area contributed by atoms with E-state index in [1.165, 1.54) is 0 Å². The summed E-state index contributed by atoms with van der Waals surface area (Å²) >= 11 is 0. The van der Waals surface area contributed by atoms with Gasteiger partial charge in [0.05, 0.1) is 24.7 Å². The van der Waals surface area contributed by atoms with E-state index >= 15 is 0 Å². The lowest BCUT2D eigenvalue weighted by atomic mass is 9.59. The molecule has 0 fully saturated rings. The minimum atomic E-state index is -1.36. The van der Waals surface area contributed by atoms with Crippen LogP contribution in [-0.4, -0.2) is 32.4 Å². The van der Waals surface area contributed by atoms with Crippen LogP contribution in [0.5, 0.6) is 0 Å². The number of nitrogens with one attached hydrogen (secondary N) is 2. The zero-order valence-electron chi connectivity index (χ0n) is 21.9. The van der Waals surface area contributed by atoms with Gasteiger partial charge in [-0.1, -0.05) is 74.5 Å². The molecule has 1 heterocycles. The first-order valence-corrected chi connectivity index (χ1v) is 12.8. The lowest BCUT2D eigenvalue weighted by Crippen LogP contribution is -2.55. The smallest absolute Gasteiger partial charge is 0.248 e. The number of amides is 2. The van der Waals surface area contributed by atoms with E-state index in [0.717, 1.165) is 11.1 Å². The number of carbonyl (C=O) groups is 3. The summed E-state index contributed by atoms with van der Waals surface area (Å²) in [6, 6.07) is 19.1. The first-order chi connectivity index (χ1) is 18.3. The fourth-order valence-corrected chi connectivity index (χ4v) is 5.34. The fraction of sp³-hybridized carbons (Fsp3) is 0.379. The number of rotatable bonds is 14. The highest BCUT2D eigenvalue weighted by Gasteiger charge is 2.53. The zero-order valence-corrected chi connectivity index (χ0v) is 21.9. The Hall–Kier alpha value is -3.82. The summed E-state index contributed by atoms with van der Waals surface area (Å²) in [4.78, 5) is 45.3.